The summed E-state index contributed by atoms with van der Waals surface area (Å²) in [5.41, 5.74) is 2.12. The molecule has 1 aromatic heterocycles. The Morgan fingerprint density at radius 1 is 1.38 bits per heavy atom. The maximum absolute atomic E-state index is 11.6. The van der Waals surface area contributed by atoms with Crippen molar-refractivity contribution >= 4 is 17.7 Å². The Bertz CT molecular complexity index is 501. The third kappa shape index (κ3) is 7.76. The highest BCUT2D eigenvalue weighted by molar-refractivity contribution is 5.99. The van der Waals surface area contributed by atoms with Crippen molar-refractivity contribution in [1.82, 2.24) is 10.7 Å². The van der Waals surface area contributed by atoms with Gasteiger partial charge in [0, 0.05) is 5.71 Å². The predicted octanol–water partition coefficient (Wildman–Crippen LogP) is 2.19. The van der Waals surface area contributed by atoms with Crippen LogP contribution in [0, 0.1) is 0 Å². The number of nitrogens with zero attached hydrogens (tertiary/aromatic N) is 1. The van der Waals surface area contributed by atoms with Crippen molar-refractivity contribution in [2.45, 2.75) is 46.3 Å². The van der Waals surface area contributed by atoms with Gasteiger partial charge in [-0.05, 0) is 39.8 Å². The first-order valence-electron chi connectivity index (χ1n) is 6.57. The molecule has 0 aliphatic rings. The van der Waals surface area contributed by atoms with Gasteiger partial charge >= 0.3 is 6.09 Å². The van der Waals surface area contributed by atoms with Gasteiger partial charge in [0.15, 0.2) is 0 Å². The fourth-order valence-electron chi connectivity index (χ4n) is 1.38. The quantitative estimate of drug-likeness (QED) is 0.643. The van der Waals surface area contributed by atoms with Crippen molar-refractivity contribution in [3.8, 4) is 0 Å². The topological polar surface area (TPSA) is 92.9 Å². The maximum Gasteiger partial charge on any atom is 0.428 e. The fraction of sp³-hybridized carbons (Fsp3) is 0.500. The van der Waals surface area contributed by atoms with Crippen LogP contribution in [0.25, 0.3) is 0 Å². The molecule has 0 bridgehead atoms. The van der Waals surface area contributed by atoms with Gasteiger partial charge in [-0.15, -0.1) is 0 Å². The number of ether oxygens (including phenoxy) is 1. The van der Waals surface area contributed by atoms with Gasteiger partial charge in [-0.2, -0.15) is 5.10 Å². The zero-order valence-electron chi connectivity index (χ0n) is 12.7. The van der Waals surface area contributed by atoms with Gasteiger partial charge < -0.3 is 14.5 Å². The molecule has 0 saturated carbocycles. The number of rotatable bonds is 5. The molecular formula is C14H21N3O4. The van der Waals surface area contributed by atoms with Crippen LogP contribution in [0.4, 0.5) is 4.79 Å². The molecule has 0 saturated heterocycles. The summed E-state index contributed by atoms with van der Waals surface area (Å²) >= 11 is 0. The third-order valence-electron chi connectivity index (χ3n) is 2.19. The largest absolute Gasteiger partial charge is 0.467 e. The van der Waals surface area contributed by atoms with E-state index in [1.54, 1.807) is 46.1 Å². The smallest absolute Gasteiger partial charge is 0.428 e. The summed E-state index contributed by atoms with van der Waals surface area (Å²) < 4.78 is 10.1. The van der Waals surface area contributed by atoms with Crippen molar-refractivity contribution in [3.05, 3.63) is 24.2 Å². The molecule has 21 heavy (non-hydrogen) atoms. The molecule has 0 spiro atoms. The molecule has 7 heteroatoms. The Kier molecular flexibility index (Phi) is 5.95. The minimum Gasteiger partial charge on any atom is -0.467 e. The van der Waals surface area contributed by atoms with E-state index < -0.39 is 11.7 Å². The highest BCUT2D eigenvalue weighted by atomic mass is 16.6. The Morgan fingerprint density at radius 2 is 2.10 bits per heavy atom. The molecule has 1 heterocycles. The molecule has 7 nitrogen and oxygen atoms in total. The third-order valence-corrected chi connectivity index (χ3v) is 2.19. The van der Waals surface area contributed by atoms with Crippen molar-refractivity contribution in [3.63, 3.8) is 0 Å². The lowest BCUT2D eigenvalue weighted by atomic mass is 10.2. The second-order valence-corrected chi connectivity index (χ2v) is 5.49. The van der Waals surface area contributed by atoms with E-state index in [1.165, 1.54) is 0 Å². The molecule has 116 valence electrons. The van der Waals surface area contributed by atoms with Crippen LogP contribution < -0.4 is 10.7 Å². The Morgan fingerprint density at radius 3 is 2.67 bits per heavy atom. The van der Waals surface area contributed by atoms with E-state index in [2.05, 4.69) is 15.8 Å². The molecule has 1 aromatic rings. The number of furan rings is 1. The molecule has 0 radical (unpaired) electrons. The van der Waals surface area contributed by atoms with Crippen molar-refractivity contribution < 1.29 is 18.7 Å². The summed E-state index contributed by atoms with van der Waals surface area (Å²) in [4.78, 5) is 23.0. The van der Waals surface area contributed by atoms with Crippen LogP contribution in [0.5, 0.6) is 0 Å². The van der Waals surface area contributed by atoms with Crippen molar-refractivity contribution in [2.75, 3.05) is 0 Å². The molecule has 0 unspecified atom stereocenters. The minimum atomic E-state index is -0.655. The standard InChI is InChI=1S/C14H21N3O4/c1-10(16-17-13(19)21-14(2,3)4)8-12(18)15-9-11-6-5-7-20-11/h5-7H,8-9H2,1-4H3,(H,15,18)(H,17,19). The van der Waals surface area contributed by atoms with E-state index in [9.17, 15) is 9.59 Å². The fourth-order valence-corrected chi connectivity index (χ4v) is 1.38. The van der Waals surface area contributed by atoms with Gasteiger partial charge in [0.1, 0.15) is 11.4 Å². The molecule has 1 rings (SSSR count). The Labute approximate surface area is 123 Å². The first-order valence-corrected chi connectivity index (χ1v) is 6.57. The van der Waals surface area contributed by atoms with E-state index in [-0.39, 0.29) is 12.3 Å². The first-order chi connectivity index (χ1) is 9.76. The molecule has 0 aromatic carbocycles. The summed E-state index contributed by atoms with van der Waals surface area (Å²) in [6.45, 7) is 7.23. The van der Waals surface area contributed by atoms with Gasteiger partial charge in [-0.3, -0.25) is 4.79 Å². The average molecular weight is 295 g/mol. The summed E-state index contributed by atoms with van der Waals surface area (Å²) in [7, 11) is 0. The number of hydrogen-bond acceptors (Lipinski definition) is 5. The lowest BCUT2D eigenvalue weighted by Crippen LogP contribution is -2.31. The van der Waals surface area contributed by atoms with E-state index in [1.807, 2.05) is 0 Å². The zero-order chi connectivity index (χ0) is 15.9. The first kappa shape index (κ1) is 16.7. The van der Waals surface area contributed by atoms with Crippen LogP contribution in [0.1, 0.15) is 39.9 Å². The second kappa shape index (κ2) is 7.47. The lowest BCUT2D eigenvalue weighted by Gasteiger charge is -2.18. The number of hydrogen-bond donors (Lipinski definition) is 2. The minimum absolute atomic E-state index is 0.0799. The van der Waals surface area contributed by atoms with Gasteiger partial charge in [0.2, 0.25) is 5.91 Å². The van der Waals surface area contributed by atoms with Gasteiger partial charge in [0.05, 0.1) is 19.2 Å². The normalized spacial score (nSPS) is 11.9. The lowest BCUT2D eigenvalue weighted by molar-refractivity contribution is -0.120. The highest BCUT2D eigenvalue weighted by Gasteiger charge is 2.15. The van der Waals surface area contributed by atoms with Crippen molar-refractivity contribution in [1.29, 1.82) is 0 Å². The van der Waals surface area contributed by atoms with E-state index in [0.717, 1.165) is 0 Å². The molecule has 2 N–H and O–H groups in total. The summed E-state index contributed by atoms with van der Waals surface area (Å²) in [5, 5.41) is 6.49. The predicted molar refractivity (Wildman–Crippen MR) is 77.7 cm³/mol. The van der Waals surface area contributed by atoms with E-state index >= 15 is 0 Å². The van der Waals surface area contributed by atoms with Crippen LogP contribution in [-0.2, 0) is 16.1 Å². The number of carbonyl (C=O) groups excluding carboxylic acids is 2. The monoisotopic (exact) mass is 295 g/mol. The van der Waals surface area contributed by atoms with Crippen LogP contribution in [0.3, 0.4) is 0 Å². The Hall–Kier alpha value is -2.31. The maximum atomic E-state index is 11.6. The van der Waals surface area contributed by atoms with Crippen LogP contribution >= 0.6 is 0 Å². The number of nitrogens with one attached hydrogen (secondary N) is 2. The number of hydrazone groups is 1. The van der Waals surface area contributed by atoms with Crippen LogP contribution in [0.2, 0.25) is 0 Å². The summed E-state index contributed by atoms with van der Waals surface area (Å²) in [6, 6.07) is 3.52. The zero-order valence-corrected chi connectivity index (χ0v) is 12.7. The van der Waals surface area contributed by atoms with Gasteiger partial charge in [-0.25, -0.2) is 10.2 Å². The molecular weight excluding hydrogens is 274 g/mol. The Balaban J connectivity index is 2.31. The number of carbonyl (C=O) groups is 2. The average Bonchev–Trinajstić information content (AvgIpc) is 2.85. The van der Waals surface area contributed by atoms with Gasteiger partial charge in [-0.1, -0.05) is 0 Å². The van der Waals surface area contributed by atoms with E-state index in [4.69, 9.17) is 9.15 Å². The summed E-state index contributed by atoms with van der Waals surface area (Å²) in [5.74, 6) is 0.462. The van der Waals surface area contributed by atoms with E-state index in [0.29, 0.717) is 18.0 Å². The second-order valence-electron chi connectivity index (χ2n) is 5.49. The van der Waals surface area contributed by atoms with Crippen LogP contribution in [0.15, 0.2) is 27.9 Å². The highest BCUT2D eigenvalue weighted by Crippen LogP contribution is 2.06. The van der Waals surface area contributed by atoms with Crippen LogP contribution in [-0.4, -0.2) is 23.3 Å². The summed E-state index contributed by atoms with van der Waals surface area (Å²) in [6.07, 6.45) is 0.966. The van der Waals surface area contributed by atoms with Crippen molar-refractivity contribution in [2.24, 2.45) is 5.10 Å². The molecule has 0 aliphatic carbocycles. The molecule has 2 amide bonds. The molecule has 0 atom stereocenters. The molecule has 0 fully saturated rings. The molecule has 0 aliphatic heterocycles. The number of amides is 2. The SMILES string of the molecule is CC(CC(=O)NCc1ccco1)=NNC(=O)OC(C)(C)C. The van der Waals surface area contributed by atoms with Gasteiger partial charge in [0.25, 0.3) is 0 Å².